The monoisotopic (exact) mass is 230 g/mol. The average Bonchev–Trinajstić information content (AvgIpc) is 2.49. The van der Waals surface area contributed by atoms with Gasteiger partial charge in [-0.2, -0.15) is 0 Å². The van der Waals surface area contributed by atoms with Gasteiger partial charge in [0.05, 0.1) is 0 Å². The number of hydrogen-bond donors (Lipinski definition) is 1. The van der Waals surface area contributed by atoms with Crippen molar-refractivity contribution in [1.29, 1.82) is 0 Å². The Balaban J connectivity index is 0.000000980. The first kappa shape index (κ1) is 11.4. The maximum absolute atomic E-state index is 5.87. The molecule has 4 heteroatoms. The Morgan fingerprint density at radius 1 is 1.29 bits per heavy atom. The number of fused-ring (bicyclic) bond motifs is 1. The van der Waals surface area contributed by atoms with Crippen molar-refractivity contribution in [2.75, 3.05) is 6.54 Å². The molecule has 1 heterocycles. The molecule has 0 fully saturated rings. The van der Waals surface area contributed by atoms with Crippen LogP contribution in [0.3, 0.4) is 0 Å². The maximum Gasteiger partial charge on any atom is 0.0481 e. The molecule has 0 amide bonds. The summed E-state index contributed by atoms with van der Waals surface area (Å²) in [5.41, 5.74) is 6.68. The van der Waals surface area contributed by atoms with Gasteiger partial charge in [-0.25, -0.2) is 0 Å². The van der Waals surface area contributed by atoms with Crippen molar-refractivity contribution in [1.82, 2.24) is 4.57 Å². The molecule has 0 aliphatic rings. The zero-order valence-corrected chi connectivity index (χ0v) is 9.18. The van der Waals surface area contributed by atoms with Crippen LogP contribution in [0.25, 0.3) is 10.9 Å². The minimum Gasteiger partial charge on any atom is -0.346 e. The fourth-order valence-electron chi connectivity index (χ4n) is 1.51. The molecule has 76 valence electrons. The summed E-state index contributed by atoms with van der Waals surface area (Å²) in [5, 5.41) is 1.94. The van der Waals surface area contributed by atoms with Gasteiger partial charge in [-0.3, -0.25) is 0 Å². The summed E-state index contributed by atoms with van der Waals surface area (Å²) in [6.07, 6.45) is 2.04. The fraction of sp³-hybridized carbons (Fsp3) is 0.200. The molecule has 0 bridgehead atoms. The molecule has 2 N–H and O–H groups in total. The molecule has 0 saturated carbocycles. The summed E-state index contributed by atoms with van der Waals surface area (Å²) >= 11 is 5.87. The molecule has 2 rings (SSSR count). The molecule has 0 saturated heterocycles. The number of halogens is 2. The number of aromatic nitrogens is 1. The lowest BCUT2D eigenvalue weighted by Crippen LogP contribution is -2.08. The zero-order chi connectivity index (χ0) is 9.26. The average molecular weight is 231 g/mol. The molecule has 0 radical (unpaired) electrons. The van der Waals surface area contributed by atoms with Crippen molar-refractivity contribution in [3.8, 4) is 0 Å². The van der Waals surface area contributed by atoms with Gasteiger partial charge in [0.1, 0.15) is 0 Å². The van der Waals surface area contributed by atoms with Crippen molar-refractivity contribution < 1.29 is 0 Å². The summed E-state index contributed by atoms with van der Waals surface area (Å²) in [6, 6.07) is 7.94. The van der Waals surface area contributed by atoms with E-state index in [9.17, 15) is 0 Å². The van der Waals surface area contributed by atoms with Gasteiger partial charge in [0, 0.05) is 35.2 Å². The largest absolute Gasteiger partial charge is 0.346 e. The highest BCUT2D eigenvalue weighted by molar-refractivity contribution is 6.31. The van der Waals surface area contributed by atoms with Crippen LogP contribution in [0.2, 0.25) is 5.02 Å². The molecular formula is C10H12Cl2N2. The van der Waals surface area contributed by atoms with Crippen LogP contribution < -0.4 is 5.73 Å². The fourth-order valence-corrected chi connectivity index (χ4v) is 1.69. The Morgan fingerprint density at radius 2 is 2.07 bits per heavy atom. The summed E-state index contributed by atoms with van der Waals surface area (Å²) in [7, 11) is 0. The van der Waals surface area contributed by atoms with E-state index >= 15 is 0 Å². The normalized spacial score (nSPS) is 10.1. The van der Waals surface area contributed by atoms with E-state index in [1.54, 1.807) is 0 Å². The van der Waals surface area contributed by atoms with Crippen molar-refractivity contribution in [3.63, 3.8) is 0 Å². The third kappa shape index (κ3) is 2.03. The second-order valence-corrected chi connectivity index (χ2v) is 3.44. The van der Waals surface area contributed by atoms with E-state index < -0.39 is 0 Å². The van der Waals surface area contributed by atoms with Crippen LogP contribution >= 0.6 is 24.0 Å². The Hall–Kier alpha value is -0.700. The first-order chi connectivity index (χ1) is 6.31. The van der Waals surface area contributed by atoms with Gasteiger partial charge in [-0.05, 0) is 24.3 Å². The maximum atomic E-state index is 5.87. The number of nitrogens with zero attached hydrogens (tertiary/aromatic N) is 1. The lowest BCUT2D eigenvalue weighted by molar-refractivity contribution is 0.735. The van der Waals surface area contributed by atoms with E-state index in [1.807, 2.05) is 24.4 Å². The lowest BCUT2D eigenvalue weighted by atomic mass is 10.2. The first-order valence-electron chi connectivity index (χ1n) is 4.26. The van der Waals surface area contributed by atoms with Crippen LogP contribution in [0.4, 0.5) is 0 Å². The van der Waals surface area contributed by atoms with Gasteiger partial charge in [0.25, 0.3) is 0 Å². The Bertz CT molecular complexity index is 423. The summed E-state index contributed by atoms with van der Waals surface area (Å²) in [6.45, 7) is 1.51. The van der Waals surface area contributed by atoms with Crippen molar-refractivity contribution in [3.05, 3.63) is 35.5 Å². The minimum absolute atomic E-state index is 0. The predicted octanol–water partition coefficient (Wildman–Crippen LogP) is 2.68. The number of nitrogens with two attached hydrogens (primary N) is 1. The lowest BCUT2D eigenvalue weighted by Gasteiger charge is -2.01. The second kappa shape index (κ2) is 4.69. The van der Waals surface area contributed by atoms with E-state index in [-0.39, 0.29) is 12.4 Å². The standard InChI is InChI=1S/C10H11ClN2.ClH/c11-9-1-2-10-8(7-9)3-5-13(10)6-4-12;/h1-3,5,7H,4,6,12H2;1H. The zero-order valence-electron chi connectivity index (χ0n) is 7.61. The second-order valence-electron chi connectivity index (χ2n) is 3.00. The van der Waals surface area contributed by atoms with Gasteiger partial charge in [-0.1, -0.05) is 11.6 Å². The first-order valence-corrected chi connectivity index (χ1v) is 4.63. The molecule has 1 aromatic carbocycles. The molecule has 2 nitrogen and oxygen atoms in total. The van der Waals surface area contributed by atoms with Crippen molar-refractivity contribution >= 4 is 34.9 Å². The Kier molecular flexibility index (Phi) is 3.81. The molecule has 0 aliphatic carbocycles. The smallest absolute Gasteiger partial charge is 0.0481 e. The van der Waals surface area contributed by atoms with Crippen LogP contribution in [-0.4, -0.2) is 11.1 Å². The Morgan fingerprint density at radius 3 is 2.79 bits per heavy atom. The Labute approximate surface area is 94.1 Å². The predicted molar refractivity (Wildman–Crippen MR) is 63.3 cm³/mol. The molecule has 0 aliphatic heterocycles. The number of hydrogen-bond acceptors (Lipinski definition) is 1. The van der Waals surface area contributed by atoms with E-state index in [0.29, 0.717) is 6.54 Å². The van der Waals surface area contributed by atoms with E-state index in [1.165, 1.54) is 10.9 Å². The van der Waals surface area contributed by atoms with Gasteiger partial charge >= 0.3 is 0 Å². The molecular weight excluding hydrogens is 219 g/mol. The summed E-state index contributed by atoms with van der Waals surface area (Å²) < 4.78 is 2.13. The topological polar surface area (TPSA) is 30.9 Å². The third-order valence-corrected chi connectivity index (χ3v) is 2.34. The van der Waals surface area contributed by atoms with Crippen molar-refractivity contribution in [2.24, 2.45) is 5.73 Å². The molecule has 2 aromatic rings. The molecule has 0 unspecified atom stereocenters. The summed E-state index contributed by atoms with van der Waals surface area (Å²) in [5.74, 6) is 0. The SMILES string of the molecule is Cl.NCCn1ccc2cc(Cl)ccc21. The van der Waals surface area contributed by atoms with Crippen LogP contribution in [0, 0.1) is 0 Å². The highest BCUT2D eigenvalue weighted by atomic mass is 35.5. The van der Waals surface area contributed by atoms with Gasteiger partial charge in [0.15, 0.2) is 0 Å². The van der Waals surface area contributed by atoms with Crippen LogP contribution in [0.1, 0.15) is 0 Å². The number of benzene rings is 1. The third-order valence-electron chi connectivity index (χ3n) is 2.10. The molecule has 14 heavy (non-hydrogen) atoms. The highest BCUT2D eigenvalue weighted by Crippen LogP contribution is 2.20. The molecule has 1 aromatic heterocycles. The van der Waals surface area contributed by atoms with E-state index in [0.717, 1.165) is 11.6 Å². The van der Waals surface area contributed by atoms with Gasteiger partial charge in [0.2, 0.25) is 0 Å². The highest BCUT2D eigenvalue weighted by Gasteiger charge is 1.99. The number of rotatable bonds is 2. The molecule has 0 atom stereocenters. The molecule has 0 spiro atoms. The van der Waals surface area contributed by atoms with Crippen LogP contribution in [0.5, 0.6) is 0 Å². The van der Waals surface area contributed by atoms with Gasteiger partial charge < -0.3 is 10.3 Å². The van der Waals surface area contributed by atoms with Gasteiger partial charge in [-0.15, -0.1) is 12.4 Å². The van der Waals surface area contributed by atoms with Crippen LogP contribution in [-0.2, 0) is 6.54 Å². The minimum atomic E-state index is 0. The summed E-state index contributed by atoms with van der Waals surface area (Å²) in [4.78, 5) is 0. The van der Waals surface area contributed by atoms with Crippen LogP contribution in [0.15, 0.2) is 30.5 Å². The van der Waals surface area contributed by atoms with E-state index in [2.05, 4.69) is 10.6 Å². The quantitative estimate of drug-likeness (QED) is 0.846. The van der Waals surface area contributed by atoms with Crippen molar-refractivity contribution in [2.45, 2.75) is 6.54 Å². The van der Waals surface area contributed by atoms with E-state index in [4.69, 9.17) is 17.3 Å².